The van der Waals surface area contributed by atoms with E-state index in [-0.39, 0.29) is 39.2 Å². The molecule has 0 radical (unpaired) electrons. The number of hydrogen-bond donors (Lipinski definition) is 1. The first-order valence-corrected chi connectivity index (χ1v) is 19.6. The van der Waals surface area contributed by atoms with Gasteiger partial charge in [0.1, 0.15) is 4.91 Å². The van der Waals surface area contributed by atoms with E-state index in [9.17, 15) is 21.6 Å². The second-order valence-corrected chi connectivity index (χ2v) is 17.2. The summed E-state index contributed by atoms with van der Waals surface area (Å²) in [6.45, 7) is 3.63. The molecule has 3 aromatic rings. The molecule has 44 heavy (non-hydrogen) atoms. The van der Waals surface area contributed by atoms with Crippen LogP contribution in [0, 0.1) is 0 Å². The van der Waals surface area contributed by atoms with Crippen LogP contribution in [-0.4, -0.2) is 35.8 Å². The van der Waals surface area contributed by atoms with Gasteiger partial charge in [-0.05, 0) is 67.4 Å². The molecule has 4 rings (SSSR count). The lowest BCUT2D eigenvalue weighted by atomic mass is 9.92. The minimum Gasteiger partial charge on any atom is -0.307 e. The molecule has 1 aliphatic rings. The standard InChI is InChI=1S/C30H32BrClNO8PS2/c1-3-5-19-40-42(35,41-20-6-4-2)30(33-44(38,39)25-15-11-22(31)12-16-25)21-28(29(34)26-9-7-8-10-27(26)30)43(36,37)24-17-13-23(32)14-18-24/h7-18,21,33H,3-6,19-20H2,1-2H3. The van der Waals surface area contributed by atoms with Crippen LogP contribution < -0.4 is 4.72 Å². The summed E-state index contributed by atoms with van der Waals surface area (Å²) in [6.07, 6.45) is 3.12. The Hall–Kier alpha value is -2.15. The van der Waals surface area contributed by atoms with Crippen LogP contribution in [0.3, 0.4) is 0 Å². The molecule has 1 aliphatic carbocycles. The highest BCUT2D eigenvalue weighted by Crippen LogP contribution is 2.67. The molecular formula is C30H32BrClNO8PS2. The maximum atomic E-state index is 15.2. The second-order valence-electron chi connectivity index (χ2n) is 10.0. The topological polar surface area (TPSA) is 133 Å². The minimum atomic E-state index is -4.69. The molecule has 0 aromatic heterocycles. The fourth-order valence-corrected chi connectivity index (χ4v) is 10.5. The third kappa shape index (κ3) is 6.98. The number of rotatable bonds is 14. The van der Waals surface area contributed by atoms with Gasteiger partial charge in [0.05, 0.1) is 23.0 Å². The molecule has 3 aromatic carbocycles. The van der Waals surface area contributed by atoms with Crippen molar-refractivity contribution in [1.29, 1.82) is 0 Å². The molecule has 0 fully saturated rings. The van der Waals surface area contributed by atoms with Gasteiger partial charge in [-0.2, -0.15) is 4.72 Å². The SMILES string of the molecule is CCCCOP(=O)(OCCCC)C1(NS(=O)(=O)c2ccc(Br)cc2)C=C(S(=O)(=O)c2ccc(Cl)cc2)C(=O)c2ccccc21. The number of carbonyl (C=O) groups excluding carboxylic acids is 1. The number of benzene rings is 3. The first-order valence-electron chi connectivity index (χ1n) is 13.9. The van der Waals surface area contributed by atoms with Gasteiger partial charge in [0.2, 0.25) is 25.6 Å². The lowest BCUT2D eigenvalue weighted by molar-refractivity contribution is 0.103. The summed E-state index contributed by atoms with van der Waals surface area (Å²) in [5.41, 5.74) is -0.225. The van der Waals surface area contributed by atoms with Crippen molar-refractivity contribution in [2.45, 2.75) is 54.6 Å². The van der Waals surface area contributed by atoms with Crippen LogP contribution in [0.4, 0.5) is 0 Å². The Morgan fingerprint density at radius 1 is 0.841 bits per heavy atom. The zero-order valence-electron chi connectivity index (χ0n) is 24.0. The fourth-order valence-electron chi connectivity index (χ4n) is 4.56. The van der Waals surface area contributed by atoms with E-state index in [1.165, 1.54) is 72.8 Å². The molecule has 0 spiro atoms. The molecule has 1 atom stereocenters. The first kappa shape index (κ1) is 34.7. The molecule has 9 nitrogen and oxygen atoms in total. The number of hydrogen-bond acceptors (Lipinski definition) is 8. The van der Waals surface area contributed by atoms with E-state index >= 15 is 4.57 Å². The number of nitrogens with one attached hydrogen (secondary N) is 1. The summed E-state index contributed by atoms with van der Waals surface area (Å²) in [5, 5.41) is -2.17. The lowest BCUT2D eigenvalue weighted by Crippen LogP contribution is -2.48. The zero-order chi connectivity index (χ0) is 32.2. The Labute approximate surface area is 271 Å². The van der Waals surface area contributed by atoms with E-state index < -0.39 is 43.4 Å². The molecule has 14 heteroatoms. The van der Waals surface area contributed by atoms with Gasteiger partial charge in [-0.25, -0.2) is 16.8 Å². The first-order chi connectivity index (χ1) is 20.8. The van der Waals surface area contributed by atoms with Crippen LogP contribution >= 0.6 is 35.1 Å². The lowest BCUT2D eigenvalue weighted by Gasteiger charge is -2.40. The molecule has 0 saturated heterocycles. The van der Waals surface area contributed by atoms with Gasteiger partial charge >= 0.3 is 7.60 Å². The van der Waals surface area contributed by atoms with Gasteiger partial charge in [-0.15, -0.1) is 0 Å². The van der Waals surface area contributed by atoms with E-state index in [2.05, 4.69) is 20.7 Å². The number of allylic oxidation sites excluding steroid dienone is 1. The van der Waals surface area contributed by atoms with Crippen LogP contribution in [0.2, 0.25) is 5.02 Å². The normalized spacial score (nSPS) is 17.3. The van der Waals surface area contributed by atoms with Crippen LogP contribution in [0.25, 0.3) is 0 Å². The number of sulfonamides is 1. The molecule has 0 heterocycles. The predicted molar refractivity (Wildman–Crippen MR) is 173 cm³/mol. The molecule has 236 valence electrons. The van der Waals surface area contributed by atoms with Crippen molar-refractivity contribution in [3.63, 3.8) is 0 Å². The monoisotopic (exact) mass is 743 g/mol. The molecule has 0 aliphatic heterocycles. The molecule has 1 unspecified atom stereocenters. The molecule has 0 amide bonds. The van der Waals surface area contributed by atoms with Gasteiger partial charge < -0.3 is 9.05 Å². The third-order valence-electron chi connectivity index (χ3n) is 6.92. The average molecular weight is 745 g/mol. The Balaban J connectivity index is 2.08. The van der Waals surface area contributed by atoms with E-state index in [0.29, 0.717) is 30.2 Å². The van der Waals surface area contributed by atoms with E-state index in [1.54, 1.807) is 0 Å². The maximum absolute atomic E-state index is 15.2. The number of unbranched alkanes of at least 4 members (excludes halogenated alkanes) is 2. The van der Waals surface area contributed by atoms with Crippen molar-refractivity contribution in [2.24, 2.45) is 0 Å². The summed E-state index contributed by atoms with van der Waals surface area (Å²) >= 11 is 9.27. The summed E-state index contributed by atoms with van der Waals surface area (Å²) in [5.74, 6) is -0.900. The zero-order valence-corrected chi connectivity index (χ0v) is 28.9. The fraction of sp³-hybridized carbons (Fsp3) is 0.300. The van der Waals surface area contributed by atoms with Crippen LogP contribution in [0.15, 0.2) is 98.0 Å². The summed E-state index contributed by atoms with van der Waals surface area (Å²) in [6, 6.07) is 16.7. The van der Waals surface area contributed by atoms with E-state index in [0.717, 1.165) is 6.08 Å². The minimum absolute atomic E-state index is 0.0583. The summed E-state index contributed by atoms with van der Waals surface area (Å²) < 4.78 is 86.4. The van der Waals surface area contributed by atoms with Crippen molar-refractivity contribution < 1.29 is 35.2 Å². The quantitative estimate of drug-likeness (QED) is 0.132. The Morgan fingerprint density at radius 2 is 1.39 bits per heavy atom. The van der Waals surface area contributed by atoms with Gasteiger partial charge in [0, 0.05) is 20.6 Å². The van der Waals surface area contributed by atoms with Gasteiger partial charge in [-0.1, -0.05) is 78.5 Å². The third-order valence-corrected chi connectivity index (χ3v) is 13.5. The Morgan fingerprint density at radius 3 is 1.95 bits per heavy atom. The highest BCUT2D eigenvalue weighted by Gasteiger charge is 2.58. The van der Waals surface area contributed by atoms with Crippen LogP contribution in [-0.2, 0) is 38.8 Å². The van der Waals surface area contributed by atoms with Crippen molar-refractivity contribution in [2.75, 3.05) is 13.2 Å². The summed E-state index contributed by atoms with van der Waals surface area (Å²) in [4.78, 5) is 12.6. The number of ketones is 1. The van der Waals surface area contributed by atoms with Crippen molar-refractivity contribution in [1.82, 2.24) is 4.72 Å². The smallest absolute Gasteiger partial charge is 0.307 e. The van der Waals surface area contributed by atoms with Crippen LogP contribution in [0.1, 0.15) is 55.5 Å². The number of Topliss-reactive ketones (excluding diaryl/α,β-unsaturated/α-hetero) is 1. The molecular weight excluding hydrogens is 713 g/mol. The number of halogens is 2. The van der Waals surface area contributed by atoms with Gasteiger partial charge in [-0.3, -0.25) is 9.36 Å². The largest absolute Gasteiger partial charge is 0.360 e. The Bertz CT molecular complexity index is 1800. The second kappa shape index (κ2) is 14.1. The summed E-state index contributed by atoms with van der Waals surface area (Å²) in [7, 11) is -13.8. The van der Waals surface area contributed by atoms with Gasteiger partial charge in [0.25, 0.3) is 0 Å². The molecule has 0 bridgehead atoms. The maximum Gasteiger partial charge on any atom is 0.360 e. The van der Waals surface area contributed by atoms with Crippen molar-refractivity contribution >= 4 is 60.8 Å². The van der Waals surface area contributed by atoms with Gasteiger partial charge in [0.15, 0.2) is 5.28 Å². The Kier molecular flexibility index (Phi) is 11.1. The number of carbonyl (C=O) groups is 1. The van der Waals surface area contributed by atoms with Crippen molar-refractivity contribution in [3.05, 3.63) is 104 Å². The highest BCUT2D eigenvalue weighted by molar-refractivity contribution is 9.10. The number of fused-ring (bicyclic) bond motifs is 1. The van der Waals surface area contributed by atoms with E-state index in [4.69, 9.17) is 20.6 Å². The molecule has 1 N–H and O–H groups in total. The average Bonchev–Trinajstić information content (AvgIpc) is 2.99. The number of sulfone groups is 1. The predicted octanol–water partition coefficient (Wildman–Crippen LogP) is 7.61. The van der Waals surface area contributed by atoms with Crippen molar-refractivity contribution in [3.8, 4) is 0 Å². The van der Waals surface area contributed by atoms with Crippen LogP contribution in [0.5, 0.6) is 0 Å². The van der Waals surface area contributed by atoms with E-state index in [1.807, 2.05) is 13.8 Å². The molecule has 0 saturated carbocycles. The highest BCUT2D eigenvalue weighted by atomic mass is 79.9.